The number of hydrogen-bond acceptors (Lipinski definition) is 9. The fourth-order valence-electron chi connectivity index (χ4n) is 6.04. The lowest BCUT2D eigenvalue weighted by atomic mass is 10.0. The number of amides is 1. The standard InChI is InChI=1S/C29H34N8O3/c1-3-26(38)36-14-13-35(18-21(36)9-11-30)28-27-31-17-23(16-20-6-4-8-25-24(20)10-15-39-25)37(27)33-29(32-28)40-19-22-7-5-12-34(22)2/h3-4,6,8,17,21-22H,1,5,7,9-10,12-16,18-19H2,2H3. The Morgan fingerprint density at radius 1 is 1.30 bits per heavy atom. The number of benzene rings is 1. The number of rotatable bonds is 8. The smallest absolute Gasteiger partial charge is 0.336 e. The summed E-state index contributed by atoms with van der Waals surface area (Å²) in [6.45, 7) is 7.35. The van der Waals surface area contributed by atoms with Crippen molar-refractivity contribution >= 4 is 17.4 Å². The third-order valence-electron chi connectivity index (χ3n) is 8.25. The lowest BCUT2D eigenvalue weighted by molar-refractivity contribution is -0.128. The predicted molar refractivity (Wildman–Crippen MR) is 149 cm³/mol. The summed E-state index contributed by atoms with van der Waals surface area (Å²) in [7, 11) is 2.12. The van der Waals surface area contributed by atoms with E-state index in [1.807, 2.05) is 22.8 Å². The number of fused-ring (bicyclic) bond motifs is 2. The molecule has 40 heavy (non-hydrogen) atoms. The molecule has 3 aliphatic rings. The minimum Gasteiger partial charge on any atom is -0.493 e. The van der Waals surface area contributed by atoms with E-state index >= 15 is 0 Å². The summed E-state index contributed by atoms with van der Waals surface area (Å²) >= 11 is 0. The highest BCUT2D eigenvalue weighted by molar-refractivity contribution is 5.87. The summed E-state index contributed by atoms with van der Waals surface area (Å²) in [5, 5.41) is 14.3. The Morgan fingerprint density at radius 2 is 2.20 bits per heavy atom. The number of carbonyl (C=O) groups is 1. The van der Waals surface area contributed by atoms with E-state index in [0.29, 0.717) is 62.8 Å². The molecule has 208 valence electrons. The van der Waals surface area contributed by atoms with E-state index in [4.69, 9.17) is 24.5 Å². The van der Waals surface area contributed by atoms with Gasteiger partial charge < -0.3 is 24.2 Å². The van der Waals surface area contributed by atoms with Gasteiger partial charge in [0.05, 0.1) is 37.0 Å². The first-order valence-corrected chi connectivity index (χ1v) is 13.9. The predicted octanol–water partition coefficient (Wildman–Crippen LogP) is 2.24. The van der Waals surface area contributed by atoms with Gasteiger partial charge in [-0.1, -0.05) is 18.7 Å². The van der Waals surface area contributed by atoms with Crippen molar-refractivity contribution in [3.63, 3.8) is 0 Å². The number of hydrogen-bond donors (Lipinski definition) is 0. The normalized spacial score (nSPS) is 20.8. The number of likely N-dealkylation sites (tertiary alicyclic amines) is 1. The second-order valence-electron chi connectivity index (χ2n) is 10.7. The van der Waals surface area contributed by atoms with E-state index in [-0.39, 0.29) is 18.4 Å². The van der Waals surface area contributed by atoms with Gasteiger partial charge in [-0.15, -0.1) is 5.10 Å². The Morgan fingerprint density at radius 3 is 3.00 bits per heavy atom. The summed E-state index contributed by atoms with van der Waals surface area (Å²) in [6.07, 6.45) is 7.14. The van der Waals surface area contributed by atoms with E-state index in [9.17, 15) is 10.1 Å². The van der Waals surface area contributed by atoms with E-state index in [1.54, 1.807) is 4.90 Å². The van der Waals surface area contributed by atoms with Gasteiger partial charge in [0.2, 0.25) is 5.91 Å². The number of imidazole rings is 1. The lowest BCUT2D eigenvalue weighted by Gasteiger charge is -2.40. The Labute approximate surface area is 233 Å². The number of aromatic nitrogens is 4. The highest BCUT2D eigenvalue weighted by atomic mass is 16.5. The molecule has 11 heteroatoms. The van der Waals surface area contributed by atoms with Crippen LogP contribution in [0.1, 0.15) is 36.1 Å². The second kappa shape index (κ2) is 11.1. The maximum atomic E-state index is 12.5. The Hall–Kier alpha value is -4.17. The van der Waals surface area contributed by atoms with Crippen LogP contribution in [0.2, 0.25) is 0 Å². The molecule has 0 aliphatic carbocycles. The molecule has 0 radical (unpaired) electrons. The molecule has 0 saturated carbocycles. The molecule has 0 bridgehead atoms. The average molecular weight is 543 g/mol. The molecular weight excluding hydrogens is 508 g/mol. The molecule has 3 aliphatic heterocycles. The first kappa shape index (κ1) is 26.1. The topological polar surface area (TPSA) is 112 Å². The molecule has 0 N–H and O–H groups in total. The number of nitrogens with zero attached hydrogens (tertiary/aromatic N) is 8. The lowest BCUT2D eigenvalue weighted by Crippen LogP contribution is -2.55. The molecule has 1 amide bonds. The summed E-state index contributed by atoms with van der Waals surface area (Å²) in [6, 6.07) is 8.73. The van der Waals surface area contributed by atoms with Crippen molar-refractivity contribution in [2.75, 3.05) is 51.3 Å². The first-order chi connectivity index (χ1) is 19.6. The monoisotopic (exact) mass is 542 g/mol. The zero-order valence-electron chi connectivity index (χ0n) is 22.8. The van der Waals surface area contributed by atoms with Crippen LogP contribution in [-0.2, 0) is 17.6 Å². The van der Waals surface area contributed by atoms with Gasteiger partial charge in [0.25, 0.3) is 0 Å². The molecule has 2 saturated heterocycles. The van der Waals surface area contributed by atoms with Crippen molar-refractivity contribution in [2.45, 2.75) is 44.2 Å². The highest BCUT2D eigenvalue weighted by Gasteiger charge is 2.32. The number of likely N-dealkylation sites (N-methyl/N-ethyl adjacent to an activating group) is 1. The van der Waals surface area contributed by atoms with Crippen molar-refractivity contribution in [2.24, 2.45) is 0 Å². The Balaban J connectivity index is 1.35. The molecule has 6 rings (SSSR count). The SMILES string of the molecule is C=CC(=O)N1CCN(c2nc(OCC3CCCN3C)nn3c(Cc4cccc5c4CCO5)cnc23)CC1CC#N. The molecule has 0 spiro atoms. The van der Waals surface area contributed by atoms with Crippen LogP contribution < -0.4 is 14.4 Å². The zero-order valence-corrected chi connectivity index (χ0v) is 22.8. The summed E-state index contributed by atoms with van der Waals surface area (Å²) < 4.78 is 13.8. The number of ether oxygens (including phenoxy) is 2. The third-order valence-corrected chi connectivity index (χ3v) is 8.25. The molecule has 2 fully saturated rings. The van der Waals surface area contributed by atoms with Gasteiger partial charge in [-0.25, -0.2) is 9.50 Å². The van der Waals surface area contributed by atoms with E-state index < -0.39 is 0 Å². The van der Waals surface area contributed by atoms with Crippen LogP contribution in [0.5, 0.6) is 11.8 Å². The molecule has 3 aromatic rings. The first-order valence-electron chi connectivity index (χ1n) is 13.9. The highest BCUT2D eigenvalue weighted by Crippen LogP contribution is 2.31. The van der Waals surface area contributed by atoms with Gasteiger partial charge in [0.1, 0.15) is 12.4 Å². The van der Waals surface area contributed by atoms with Crippen LogP contribution in [0.15, 0.2) is 37.1 Å². The van der Waals surface area contributed by atoms with Gasteiger partial charge in [-0.05, 0) is 44.1 Å². The van der Waals surface area contributed by atoms with Crippen molar-refractivity contribution in [1.82, 2.24) is 29.4 Å². The van der Waals surface area contributed by atoms with E-state index in [1.165, 1.54) is 17.2 Å². The van der Waals surface area contributed by atoms with Crippen LogP contribution in [-0.4, -0.2) is 93.8 Å². The number of carbonyl (C=O) groups excluding carboxylic acids is 1. The molecular formula is C29H34N8O3. The molecule has 2 unspecified atom stereocenters. The van der Waals surface area contributed by atoms with Gasteiger partial charge in [-0.2, -0.15) is 10.2 Å². The number of piperazine rings is 1. The fourth-order valence-corrected chi connectivity index (χ4v) is 6.04. The molecule has 2 atom stereocenters. The minimum atomic E-state index is -0.280. The van der Waals surface area contributed by atoms with Crippen molar-refractivity contribution in [1.29, 1.82) is 5.26 Å². The Kier molecular flexibility index (Phi) is 7.26. The fraction of sp³-hybridized carbons (Fsp3) is 0.483. The quantitative estimate of drug-likeness (QED) is 0.396. The van der Waals surface area contributed by atoms with E-state index in [0.717, 1.165) is 37.3 Å². The van der Waals surface area contributed by atoms with Crippen molar-refractivity contribution in [3.05, 3.63) is 53.9 Å². The van der Waals surface area contributed by atoms with Gasteiger partial charge >= 0.3 is 6.01 Å². The largest absolute Gasteiger partial charge is 0.493 e. The summed E-state index contributed by atoms with van der Waals surface area (Å²) in [5.74, 6) is 1.42. The number of anilines is 1. The zero-order chi connectivity index (χ0) is 27.6. The average Bonchev–Trinajstić information content (AvgIpc) is 3.72. The van der Waals surface area contributed by atoms with Gasteiger partial charge in [0.15, 0.2) is 11.5 Å². The van der Waals surface area contributed by atoms with E-state index in [2.05, 4.69) is 35.6 Å². The van der Waals surface area contributed by atoms with Crippen molar-refractivity contribution < 1.29 is 14.3 Å². The minimum absolute atomic E-state index is 0.167. The molecule has 5 heterocycles. The maximum Gasteiger partial charge on any atom is 0.336 e. The van der Waals surface area contributed by atoms with Crippen LogP contribution >= 0.6 is 0 Å². The third kappa shape index (κ3) is 4.95. The van der Waals surface area contributed by atoms with Crippen LogP contribution in [0.3, 0.4) is 0 Å². The van der Waals surface area contributed by atoms with Crippen LogP contribution in [0, 0.1) is 11.3 Å². The van der Waals surface area contributed by atoms with Gasteiger partial charge in [0, 0.05) is 44.1 Å². The summed E-state index contributed by atoms with van der Waals surface area (Å²) in [4.78, 5) is 28.2. The molecule has 2 aromatic heterocycles. The van der Waals surface area contributed by atoms with Gasteiger partial charge in [-0.3, -0.25) is 4.79 Å². The van der Waals surface area contributed by atoms with Crippen LogP contribution in [0.4, 0.5) is 5.82 Å². The van der Waals surface area contributed by atoms with Crippen molar-refractivity contribution in [3.8, 4) is 17.8 Å². The second-order valence-corrected chi connectivity index (χ2v) is 10.7. The maximum absolute atomic E-state index is 12.5. The van der Waals surface area contributed by atoms with Crippen LogP contribution in [0.25, 0.3) is 5.65 Å². The summed E-state index contributed by atoms with van der Waals surface area (Å²) in [5.41, 5.74) is 3.98. The molecule has 11 nitrogen and oxygen atoms in total. The number of nitriles is 1. The molecule has 1 aromatic carbocycles. The Bertz CT molecular complexity index is 1460.